The third kappa shape index (κ3) is 3.73. The van der Waals surface area contributed by atoms with E-state index < -0.39 is 10.0 Å². The maximum atomic E-state index is 12.2. The van der Waals surface area contributed by atoms with Gasteiger partial charge in [-0.15, -0.1) is 0 Å². The van der Waals surface area contributed by atoms with Gasteiger partial charge < -0.3 is 10.5 Å². The van der Waals surface area contributed by atoms with Crippen molar-refractivity contribution in [2.75, 3.05) is 6.61 Å². The van der Waals surface area contributed by atoms with Gasteiger partial charge in [0.15, 0.2) is 5.03 Å². The maximum Gasteiger partial charge on any atom is 0.258 e. The average Bonchev–Trinajstić information content (AvgIpc) is 2.38. The van der Waals surface area contributed by atoms with Crippen LogP contribution in [0.3, 0.4) is 0 Å². The van der Waals surface area contributed by atoms with E-state index >= 15 is 0 Å². The lowest BCUT2D eigenvalue weighted by atomic mass is 10.1. The van der Waals surface area contributed by atoms with Gasteiger partial charge in [-0.05, 0) is 31.4 Å². The van der Waals surface area contributed by atoms with Crippen molar-refractivity contribution in [2.24, 2.45) is 5.73 Å². The Hall–Kier alpha value is -1.02. The number of pyridine rings is 1. The molecule has 0 amide bonds. The van der Waals surface area contributed by atoms with E-state index in [9.17, 15) is 8.42 Å². The standard InChI is InChI=1S/C12H19N3O3S/c1-9-6-11(4-5-18-9)15-19(16,17)12-3-2-10(7-13)8-14-12/h2-3,8-9,11,15H,4-7,13H2,1H3. The molecule has 106 valence electrons. The lowest BCUT2D eigenvalue weighted by Gasteiger charge is -2.27. The Morgan fingerprint density at radius 2 is 2.32 bits per heavy atom. The first-order chi connectivity index (χ1) is 9.01. The van der Waals surface area contributed by atoms with Crippen molar-refractivity contribution in [3.8, 4) is 0 Å². The molecule has 6 nitrogen and oxygen atoms in total. The Morgan fingerprint density at radius 1 is 1.53 bits per heavy atom. The molecule has 0 saturated carbocycles. The van der Waals surface area contributed by atoms with Gasteiger partial charge in [0.25, 0.3) is 10.0 Å². The van der Waals surface area contributed by atoms with Crippen molar-refractivity contribution in [3.05, 3.63) is 23.9 Å². The molecule has 1 fully saturated rings. The summed E-state index contributed by atoms with van der Waals surface area (Å²) in [5, 5.41) is 0.0313. The SMILES string of the molecule is CC1CC(NS(=O)(=O)c2ccc(CN)cn2)CCO1. The first kappa shape index (κ1) is 14.4. The molecule has 1 aromatic heterocycles. The summed E-state index contributed by atoms with van der Waals surface area (Å²) in [5.74, 6) is 0. The van der Waals surface area contributed by atoms with E-state index in [4.69, 9.17) is 10.5 Å². The first-order valence-corrected chi connectivity index (χ1v) is 7.78. The summed E-state index contributed by atoms with van der Waals surface area (Å²) in [7, 11) is -3.57. The highest BCUT2D eigenvalue weighted by atomic mass is 32.2. The molecule has 0 radical (unpaired) electrons. The van der Waals surface area contributed by atoms with E-state index in [1.807, 2.05) is 6.92 Å². The molecule has 0 spiro atoms. The average molecular weight is 285 g/mol. The Bertz CT molecular complexity index is 516. The fourth-order valence-corrected chi connectivity index (χ4v) is 3.29. The molecular weight excluding hydrogens is 266 g/mol. The number of rotatable bonds is 4. The molecule has 1 aromatic rings. The summed E-state index contributed by atoms with van der Waals surface area (Å²) in [4.78, 5) is 3.94. The summed E-state index contributed by atoms with van der Waals surface area (Å²) in [5.41, 5.74) is 6.26. The quantitative estimate of drug-likeness (QED) is 0.834. The molecule has 19 heavy (non-hydrogen) atoms. The smallest absolute Gasteiger partial charge is 0.258 e. The van der Waals surface area contributed by atoms with Gasteiger partial charge >= 0.3 is 0 Å². The van der Waals surface area contributed by atoms with Crippen LogP contribution in [0.5, 0.6) is 0 Å². The van der Waals surface area contributed by atoms with Crippen molar-refractivity contribution in [1.82, 2.24) is 9.71 Å². The largest absolute Gasteiger partial charge is 0.378 e. The zero-order chi connectivity index (χ0) is 13.9. The molecule has 1 saturated heterocycles. The fraction of sp³-hybridized carbons (Fsp3) is 0.583. The number of nitrogens with one attached hydrogen (secondary N) is 1. The van der Waals surface area contributed by atoms with Crippen LogP contribution < -0.4 is 10.5 Å². The van der Waals surface area contributed by atoms with Crippen molar-refractivity contribution in [1.29, 1.82) is 0 Å². The number of hydrogen-bond acceptors (Lipinski definition) is 5. The predicted octanol–water partition coefficient (Wildman–Crippen LogP) is 0.386. The zero-order valence-electron chi connectivity index (χ0n) is 10.9. The first-order valence-electron chi connectivity index (χ1n) is 6.30. The molecule has 3 N–H and O–H groups in total. The van der Waals surface area contributed by atoms with Crippen LogP contribution in [-0.2, 0) is 21.3 Å². The Kier molecular flexibility index (Phi) is 4.51. The minimum Gasteiger partial charge on any atom is -0.378 e. The third-order valence-electron chi connectivity index (χ3n) is 3.12. The van der Waals surface area contributed by atoms with Crippen molar-refractivity contribution >= 4 is 10.0 Å². The third-order valence-corrected chi connectivity index (χ3v) is 4.55. The zero-order valence-corrected chi connectivity index (χ0v) is 11.7. The molecular formula is C12H19N3O3S. The van der Waals surface area contributed by atoms with Gasteiger partial charge in [0.05, 0.1) is 6.10 Å². The number of aromatic nitrogens is 1. The molecule has 1 aliphatic heterocycles. The molecule has 2 atom stereocenters. The van der Waals surface area contributed by atoms with Crippen LogP contribution in [0.1, 0.15) is 25.3 Å². The summed E-state index contributed by atoms with van der Waals surface area (Å²) >= 11 is 0. The van der Waals surface area contributed by atoms with E-state index in [0.717, 1.165) is 5.56 Å². The van der Waals surface area contributed by atoms with Gasteiger partial charge in [-0.2, -0.15) is 0 Å². The molecule has 1 aliphatic rings. The van der Waals surface area contributed by atoms with Crippen molar-refractivity contribution in [2.45, 2.75) is 43.5 Å². The van der Waals surface area contributed by atoms with Crippen LogP contribution in [0.2, 0.25) is 0 Å². The van der Waals surface area contributed by atoms with E-state index in [0.29, 0.717) is 26.0 Å². The number of sulfonamides is 1. The lowest BCUT2D eigenvalue weighted by Crippen LogP contribution is -2.41. The fourth-order valence-electron chi connectivity index (χ4n) is 2.08. The number of ether oxygens (including phenoxy) is 1. The predicted molar refractivity (Wildman–Crippen MR) is 70.9 cm³/mol. The molecule has 0 aromatic carbocycles. The van der Waals surface area contributed by atoms with Crippen LogP contribution in [0.4, 0.5) is 0 Å². The van der Waals surface area contributed by atoms with E-state index in [2.05, 4.69) is 9.71 Å². The Morgan fingerprint density at radius 3 is 2.89 bits per heavy atom. The molecule has 2 heterocycles. The second-order valence-corrected chi connectivity index (χ2v) is 6.39. The minimum absolute atomic E-state index is 0.0313. The molecule has 2 unspecified atom stereocenters. The monoisotopic (exact) mass is 285 g/mol. The Labute approximate surface area is 113 Å². The highest BCUT2D eigenvalue weighted by Crippen LogP contribution is 2.16. The van der Waals surface area contributed by atoms with E-state index in [-0.39, 0.29) is 17.2 Å². The van der Waals surface area contributed by atoms with Gasteiger partial charge in [0, 0.05) is 25.4 Å². The number of nitrogens with two attached hydrogens (primary N) is 1. The lowest BCUT2D eigenvalue weighted by molar-refractivity contribution is 0.0173. The number of hydrogen-bond donors (Lipinski definition) is 2. The minimum atomic E-state index is -3.57. The molecule has 7 heteroatoms. The van der Waals surface area contributed by atoms with Gasteiger partial charge in [-0.3, -0.25) is 0 Å². The van der Waals surface area contributed by atoms with Crippen LogP contribution in [0.25, 0.3) is 0 Å². The van der Waals surface area contributed by atoms with E-state index in [1.54, 1.807) is 6.07 Å². The van der Waals surface area contributed by atoms with Crippen LogP contribution >= 0.6 is 0 Å². The summed E-state index contributed by atoms with van der Waals surface area (Å²) in [6, 6.07) is 3.06. The normalized spacial score (nSPS) is 24.3. The van der Waals surface area contributed by atoms with Crippen LogP contribution in [-0.4, -0.2) is 32.2 Å². The maximum absolute atomic E-state index is 12.2. The second-order valence-electron chi connectivity index (χ2n) is 4.73. The van der Waals surface area contributed by atoms with Gasteiger partial charge in [0.1, 0.15) is 0 Å². The highest BCUT2D eigenvalue weighted by molar-refractivity contribution is 7.89. The molecule has 2 rings (SSSR count). The van der Waals surface area contributed by atoms with Crippen molar-refractivity contribution in [3.63, 3.8) is 0 Å². The summed E-state index contributed by atoms with van der Waals surface area (Å²) in [6.45, 7) is 2.86. The van der Waals surface area contributed by atoms with Crippen LogP contribution in [0, 0.1) is 0 Å². The molecule has 0 aliphatic carbocycles. The van der Waals surface area contributed by atoms with Gasteiger partial charge in [-0.1, -0.05) is 6.07 Å². The van der Waals surface area contributed by atoms with Crippen LogP contribution in [0.15, 0.2) is 23.4 Å². The molecule has 0 bridgehead atoms. The Balaban J connectivity index is 2.08. The van der Waals surface area contributed by atoms with Crippen molar-refractivity contribution < 1.29 is 13.2 Å². The highest BCUT2D eigenvalue weighted by Gasteiger charge is 2.25. The van der Waals surface area contributed by atoms with E-state index in [1.165, 1.54) is 12.3 Å². The van der Waals surface area contributed by atoms with Gasteiger partial charge in [-0.25, -0.2) is 18.1 Å². The summed E-state index contributed by atoms with van der Waals surface area (Å²) < 4.78 is 32.4. The number of nitrogens with zero attached hydrogens (tertiary/aromatic N) is 1. The topological polar surface area (TPSA) is 94.3 Å². The second kappa shape index (κ2) is 5.96. The van der Waals surface area contributed by atoms with Gasteiger partial charge in [0.2, 0.25) is 0 Å². The summed E-state index contributed by atoms with van der Waals surface area (Å²) in [6.07, 6.45) is 2.93.